The third-order valence-electron chi connectivity index (χ3n) is 10.1. The van der Waals surface area contributed by atoms with E-state index in [-0.39, 0.29) is 11.8 Å². The minimum atomic E-state index is -0.645. The molecule has 7 rings (SSSR count). The number of hydrogen-bond acceptors (Lipinski definition) is 5. The molecule has 2 fully saturated rings. The summed E-state index contributed by atoms with van der Waals surface area (Å²) in [6.07, 6.45) is 7.40. The molecule has 5 aromatic rings. The van der Waals surface area contributed by atoms with Crippen LogP contribution in [0.2, 0.25) is 0 Å². The van der Waals surface area contributed by atoms with E-state index in [2.05, 4.69) is 102 Å². The fourth-order valence-electron chi connectivity index (χ4n) is 7.68. The molecular formula is C36H43N7O. The summed E-state index contributed by atoms with van der Waals surface area (Å²) in [5.41, 5.74) is 10.2. The lowest BCUT2D eigenvalue weighted by Gasteiger charge is -2.32. The van der Waals surface area contributed by atoms with Gasteiger partial charge in [-0.2, -0.15) is 15.4 Å². The largest absolute Gasteiger partial charge is 0.339 e. The van der Waals surface area contributed by atoms with E-state index in [1.54, 1.807) is 0 Å². The first kappa shape index (κ1) is 28.7. The highest BCUT2D eigenvalue weighted by molar-refractivity contribution is 5.93. The van der Waals surface area contributed by atoms with E-state index in [1.807, 2.05) is 12.3 Å². The summed E-state index contributed by atoms with van der Waals surface area (Å²) in [5.74, 6) is 0.455. The van der Waals surface area contributed by atoms with Gasteiger partial charge in [0.05, 0.1) is 11.1 Å². The van der Waals surface area contributed by atoms with Crippen LogP contribution in [-0.2, 0) is 16.6 Å². The Morgan fingerprint density at radius 1 is 1.00 bits per heavy atom. The normalized spacial score (nSPS) is 19.0. The lowest BCUT2D eigenvalue weighted by atomic mass is 9.82. The first-order valence-corrected chi connectivity index (χ1v) is 16.1. The maximum absolute atomic E-state index is 14.0. The van der Waals surface area contributed by atoms with E-state index >= 15 is 0 Å². The van der Waals surface area contributed by atoms with Gasteiger partial charge in [0.25, 0.3) is 0 Å². The number of aryl methyl sites for hydroxylation is 2. The van der Waals surface area contributed by atoms with Crippen molar-refractivity contribution in [2.45, 2.75) is 90.1 Å². The molecule has 0 radical (unpaired) electrons. The van der Waals surface area contributed by atoms with Gasteiger partial charge in [0.15, 0.2) is 0 Å². The Balaban J connectivity index is 1.19. The summed E-state index contributed by atoms with van der Waals surface area (Å²) >= 11 is 0. The number of H-pyrrole nitrogens is 2. The van der Waals surface area contributed by atoms with Gasteiger partial charge in [0, 0.05) is 30.2 Å². The van der Waals surface area contributed by atoms with Crippen molar-refractivity contribution in [1.29, 1.82) is 0 Å². The van der Waals surface area contributed by atoms with E-state index in [9.17, 15) is 4.79 Å². The summed E-state index contributed by atoms with van der Waals surface area (Å²) < 4.78 is 0. The van der Waals surface area contributed by atoms with Gasteiger partial charge in [-0.05, 0) is 125 Å². The van der Waals surface area contributed by atoms with Crippen molar-refractivity contribution in [3.8, 4) is 11.3 Å². The van der Waals surface area contributed by atoms with Crippen LogP contribution in [-0.4, -0.2) is 61.4 Å². The summed E-state index contributed by atoms with van der Waals surface area (Å²) in [7, 11) is 0. The SMILES string of the molecule is Cc1cc(C)cc(-c2[nH]c3ncc(C(C)(C)C(=O)N4C5CCC4CC5)cc3c2[C@H](C)CNCCc2ccc3n[nH]nc3c2)c1. The van der Waals surface area contributed by atoms with Crippen LogP contribution in [0.4, 0.5) is 0 Å². The van der Waals surface area contributed by atoms with Crippen molar-refractivity contribution in [1.82, 2.24) is 35.6 Å². The standard InChI is InChI=1S/C36H43N7O/c1-21-14-22(2)16-25(15-21)33-32(23(3)19-37-13-12-24-6-11-30-31(17-24)41-42-40-30)29-18-26(20-38-34(29)39-33)36(4,5)35(44)43-27-7-8-28(43)10-9-27/h6,11,14-18,20,23,27-28,37H,7-10,12-13,19H2,1-5H3,(H,38,39)(H,40,41,42)/t23-,27?,28?/m1/s1. The molecular weight excluding hydrogens is 546 g/mol. The zero-order chi connectivity index (χ0) is 30.6. The third-order valence-corrected chi connectivity index (χ3v) is 10.1. The van der Waals surface area contributed by atoms with Crippen LogP contribution in [0, 0.1) is 13.8 Å². The quantitative estimate of drug-likeness (QED) is 0.171. The Morgan fingerprint density at radius 2 is 1.70 bits per heavy atom. The molecule has 3 aromatic heterocycles. The number of carbonyl (C=O) groups excluding carboxylic acids is 1. The third kappa shape index (κ3) is 5.09. The van der Waals surface area contributed by atoms with Gasteiger partial charge >= 0.3 is 0 Å². The number of nitrogens with one attached hydrogen (secondary N) is 3. The Kier molecular flexibility index (Phi) is 7.28. The molecule has 1 atom stereocenters. The van der Waals surface area contributed by atoms with Gasteiger partial charge in [-0.15, -0.1) is 0 Å². The van der Waals surface area contributed by atoms with Crippen molar-refractivity contribution in [2.75, 3.05) is 13.1 Å². The molecule has 0 spiro atoms. The zero-order valence-electron chi connectivity index (χ0n) is 26.5. The molecule has 5 heterocycles. The van der Waals surface area contributed by atoms with Gasteiger partial charge in [-0.1, -0.05) is 30.2 Å². The van der Waals surface area contributed by atoms with Gasteiger partial charge < -0.3 is 15.2 Å². The Morgan fingerprint density at radius 3 is 2.43 bits per heavy atom. The Hall–Kier alpha value is -4.04. The fourth-order valence-corrected chi connectivity index (χ4v) is 7.68. The first-order valence-electron chi connectivity index (χ1n) is 16.1. The minimum absolute atomic E-state index is 0.211. The maximum atomic E-state index is 14.0. The first-order chi connectivity index (χ1) is 21.2. The fraction of sp³-hybridized carbons (Fsp3) is 0.444. The minimum Gasteiger partial charge on any atom is -0.339 e. The number of nitrogens with zero attached hydrogens (tertiary/aromatic N) is 4. The van der Waals surface area contributed by atoms with Gasteiger partial charge in [-0.3, -0.25) is 4.79 Å². The van der Waals surface area contributed by atoms with E-state index in [1.165, 1.54) is 27.8 Å². The average Bonchev–Trinajstić information content (AvgIpc) is 3.80. The number of amides is 1. The van der Waals surface area contributed by atoms with Gasteiger partial charge in [0.1, 0.15) is 16.7 Å². The Bertz CT molecular complexity index is 1810. The van der Waals surface area contributed by atoms with Crippen LogP contribution >= 0.6 is 0 Å². The average molecular weight is 590 g/mol. The van der Waals surface area contributed by atoms with E-state index in [0.29, 0.717) is 12.1 Å². The van der Waals surface area contributed by atoms with Gasteiger partial charge in [-0.25, -0.2) is 4.98 Å². The highest BCUT2D eigenvalue weighted by Gasteiger charge is 2.47. The summed E-state index contributed by atoms with van der Waals surface area (Å²) in [4.78, 5) is 24.8. The van der Waals surface area contributed by atoms with Crippen LogP contribution < -0.4 is 5.32 Å². The van der Waals surface area contributed by atoms with Crippen LogP contribution in [0.15, 0.2) is 48.7 Å². The number of benzene rings is 2. The van der Waals surface area contributed by atoms with Crippen molar-refractivity contribution in [2.24, 2.45) is 0 Å². The second-order valence-electron chi connectivity index (χ2n) is 13.7. The lowest BCUT2D eigenvalue weighted by molar-refractivity contribution is -0.137. The molecule has 3 N–H and O–H groups in total. The molecule has 2 aliphatic heterocycles. The number of pyridine rings is 1. The predicted molar refractivity (Wildman–Crippen MR) is 176 cm³/mol. The van der Waals surface area contributed by atoms with Crippen LogP contribution in [0.25, 0.3) is 33.3 Å². The monoisotopic (exact) mass is 589 g/mol. The van der Waals surface area contributed by atoms with Crippen molar-refractivity contribution in [3.05, 3.63) is 76.5 Å². The van der Waals surface area contributed by atoms with Crippen LogP contribution in [0.1, 0.15) is 80.2 Å². The van der Waals surface area contributed by atoms with Crippen molar-refractivity contribution < 1.29 is 4.79 Å². The van der Waals surface area contributed by atoms with E-state index in [4.69, 9.17) is 4.98 Å². The van der Waals surface area contributed by atoms with E-state index in [0.717, 1.165) is 78.5 Å². The topological polar surface area (TPSA) is 103 Å². The molecule has 8 nitrogen and oxygen atoms in total. The number of rotatable bonds is 9. The highest BCUT2D eigenvalue weighted by atomic mass is 16.2. The molecule has 0 aliphatic carbocycles. The second kappa shape index (κ2) is 11.1. The molecule has 2 saturated heterocycles. The second-order valence-corrected chi connectivity index (χ2v) is 13.7. The maximum Gasteiger partial charge on any atom is 0.233 e. The summed E-state index contributed by atoms with van der Waals surface area (Å²) in [6.45, 7) is 12.4. The van der Waals surface area contributed by atoms with Crippen molar-refractivity contribution in [3.63, 3.8) is 0 Å². The lowest BCUT2D eigenvalue weighted by Crippen LogP contribution is -2.46. The van der Waals surface area contributed by atoms with Crippen LogP contribution in [0.3, 0.4) is 0 Å². The molecule has 8 heteroatoms. The molecule has 0 saturated carbocycles. The smallest absolute Gasteiger partial charge is 0.233 e. The highest BCUT2D eigenvalue weighted by Crippen LogP contribution is 2.42. The molecule has 2 aliphatic rings. The van der Waals surface area contributed by atoms with Gasteiger partial charge in [0.2, 0.25) is 5.91 Å². The molecule has 44 heavy (non-hydrogen) atoms. The number of fused-ring (bicyclic) bond motifs is 4. The molecule has 1 amide bonds. The number of aromatic amines is 2. The van der Waals surface area contributed by atoms with E-state index < -0.39 is 5.41 Å². The molecule has 228 valence electrons. The number of carbonyl (C=O) groups is 1. The summed E-state index contributed by atoms with van der Waals surface area (Å²) in [5, 5.41) is 15.9. The molecule has 0 unspecified atom stereocenters. The molecule has 2 bridgehead atoms. The molecule has 2 aromatic carbocycles. The van der Waals surface area contributed by atoms with Crippen LogP contribution in [0.5, 0.6) is 0 Å². The summed E-state index contributed by atoms with van der Waals surface area (Å²) in [6, 6.07) is 16.0. The Labute approximate surface area is 259 Å². The number of aromatic nitrogens is 5. The predicted octanol–water partition coefficient (Wildman–Crippen LogP) is 6.48. The zero-order valence-corrected chi connectivity index (χ0v) is 26.5. The van der Waals surface area contributed by atoms with Crippen molar-refractivity contribution >= 4 is 28.0 Å². The number of hydrogen-bond donors (Lipinski definition) is 3.